The van der Waals surface area contributed by atoms with Gasteiger partial charge in [0.15, 0.2) is 0 Å². The van der Waals surface area contributed by atoms with E-state index >= 15 is 0 Å². The zero-order chi connectivity index (χ0) is 81.0. The largest absolute Gasteiger partial charge is 0.456 e. The Bertz CT molecular complexity index is 8580. The Balaban J connectivity index is 0.000000104. The predicted molar refractivity (Wildman–Crippen MR) is 522 cm³/mol. The Morgan fingerprint density at radius 1 is 0.106 bits per heavy atom. The zero-order valence-electron chi connectivity index (χ0n) is 66.9. The third kappa shape index (κ3) is 11.9. The van der Waals surface area contributed by atoms with Crippen molar-refractivity contribution in [2.45, 2.75) is 0 Å². The fourth-order valence-electron chi connectivity index (χ4n) is 20.0. The summed E-state index contributed by atoms with van der Waals surface area (Å²) in [5.41, 5.74) is 25.4. The van der Waals surface area contributed by atoms with Crippen LogP contribution in [0.2, 0.25) is 0 Å². The molecule has 0 saturated heterocycles. The molecule has 3 heterocycles. The Morgan fingerprint density at radius 2 is 0.366 bits per heavy atom. The average Bonchev–Trinajstić information content (AvgIpc) is 1.35. The van der Waals surface area contributed by atoms with Crippen LogP contribution < -0.4 is 0 Å². The molecule has 0 saturated carbocycles. The molecule has 0 radical (unpaired) electrons. The van der Waals surface area contributed by atoms with Crippen LogP contribution in [0.15, 0.2) is 462 Å². The summed E-state index contributed by atoms with van der Waals surface area (Å²) in [6.45, 7) is 0. The lowest BCUT2D eigenvalue weighted by molar-refractivity contribution is 0.668. The van der Waals surface area contributed by atoms with Crippen molar-refractivity contribution in [1.82, 2.24) is 0 Å². The number of rotatable bonds is 8. The second-order valence-electron chi connectivity index (χ2n) is 32.2. The number of para-hydroxylation sites is 3. The van der Waals surface area contributed by atoms with E-state index in [9.17, 15) is 0 Å². The lowest BCUT2D eigenvalue weighted by atomic mass is 9.83. The van der Waals surface area contributed by atoms with E-state index in [0.29, 0.717) is 0 Å². The Kier molecular flexibility index (Phi) is 17.0. The first-order valence-corrected chi connectivity index (χ1v) is 42.2. The molecule has 0 aliphatic rings. The van der Waals surface area contributed by atoms with Gasteiger partial charge >= 0.3 is 0 Å². The Labute approximate surface area is 709 Å². The van der Waals surface area contributed by atoms with Crippen molar-refractivity contribution in [3.63, 3.8) is 0 Å². The highest BCUT2D eigenvalue weighted by Crippen LogP contribution is 2.52. The normalized spacial score (nSPS) is 11.7. The van der Waals surface area contributed by atoms with Crippen molar-refractivity contribution in [3.05, 3.63) is 449 Å². The van der Waals surface area contributed by atoms with Crippen molar-refractivity contribution >= 4 is 163 Å². The van der Waals surface area contributed by atoms with Gasteiger partial charge in [0.1, 0.15) is 33.5 Å². The highest BCUT2D eigenvalue weighted by Gasteiger charge is 2.25. The van der Waals surface area contributed by atoms with Crippen LogP contribution in [0.3, 0.4) is 0 Å². The van der Waals surface area contributed by atoms with Crippen LogP contribution in [0.25, 0.3) is 252 Å². The summed E-state index contributed by atoms with van der Waals surface area (Å²) in [4.78, 5) is 0. The maximum absolute atomic E-state index is 6.17. The van der Waals surface area contributed by atoms with E-state index in [1.54, 1.807) is 0 Å². The molecule has 0 aliphatic carbocycles. The van der Waals surface area contributed by atoms with Gasteiger partial charge in [0.2, 0.25) is 0 Å². The van der Waals surface area contributed by atoms with E-state index in [0.717, 1.165) is 65.8 Å². The van der Waals surface area contributed by atoms with Crippen LogP contribution in [-0.2, 0) is 0 Å². The molecule has 3 aromatic heterocycles. The van der Waals surface area contributed by atoms with Gasteiger partial charge < -0.3 is 13.3 Å². The maximum Gasteiger partial charge on any atom is 0.135 e. The Hall–Kier alpha value is -16.2. The molecule has 26 rings (SSSR count). The van der Waals surface area contributed by atoms with Gasteiger partial charge in [-0.3, -0.25) is 0 Å². The topological polar surface area (TPSA) is 39.4 Å². The standard InChI is InChI=1S/C42H26O.C40H24O.C38H24O/c1-2-12-31-27(10-1)11-9-18-32(31)28-20-22-29(23-21-28)41-34-14-3-5-16-36(34)42(37-17-6-4-15-35(37)41)30-24-25-40-38(26-30)33-13-7-8-19-39(33)43-40;1-2-12-27-25(11-1)23-36(29-14-4-3-13-28(27)29)40-33-18-7-5-16-31(33)39(32-17-6-8-19-34(32)40)26-21-22-38-35(24-26)30-15-9-10-20-37(30)41-38;1-2-12-25(13-3-1)27-14-4-5-16-29(27)38-32-19-8-6-17-30(32)37(31-18-7-9-20-33(31)38)26-22-23-36-34(24-26)28-15-10-11-21-35(28)39-36/h1-26H;1-24H;1-24H. The first kappa shape index (κ1) is 71.0. The number of fused-ring (bicyclic) bond motifs is 19. The average molecular weight is 1560 g/mol. The van der Waals surface area contributed by atoms with E-state index in [-0.39, 0.29) is 0 Å². The van der Waals surface area contributed by atoms with Gasteiger partial charge in [0.25, 0.3) is 0 Å². The minimum absolute atomic E-state index is 0.918. The molecule has 0 fully saturated rings. The van der Waals surface area contributed by atoms with Crippen LogP contribution in [0, 0.1) is 0 Å². The van der Waals surface area contributed by atoms with Crippen molar-refractivity contribution in [2.24, 2.45) is 0 Å². The van der Waals surface area contributed by atoms with Crippen molar-refractivity contribution < 1.29 is 13.3 Å². The van der Waals surface area contributed by atoms with E-state index in [1.807, 2.05) is 36.4 Å². The summed E-state index contributed by atoms with van der Waals surface area (Å²) in [5, 5.41) is 29.6. The maximum atomic E-state index is 6.17. The second-order valence-corrected chi connectivity index (χ2v) is 32.2. The van der Waals surface area contributed by atoms with Gasteiger partial charge in [-0.05, 0) is 247 Å². The SMILES string of the molecule is c1ccc(-c2ccccc2-c2c3ccccc3c(-c3ccc4oc5ccccc5c4c3)c3ccccc23)cc1.c1ccc2c(-c3ccc(-c4c5ccccc5c(-c5ccc6oc7ccccc7c6c5)c5ccccc45)cc3)cccc2c1.c1ccc2c(c1)cc(-c1c3ccccc3c(-c3ccc4oc5ccccc5c4c3)c3ccccc13)c1ccccc12. The van der Waals surface area contributed by atoms with Crippen molar-refractivity contribution in [1.29, 1.82) is 0 Å². The highest BCUT2D eigenvalue weighted by atomic mass is 16.3. The van der Waals surface area contributed by atoms with Crippen LogP contribution >= 0.6 is 0 Å². The van der Waals surface area contributed by atoms with E-state index in [2.05, 4.69) is 413 Å². The van der Waals surface area contributed by atoms with E-state index in [4.69, 9.17) is 13.3 Å². The molecule has 0 bridgehead atoms. The van der Waals surface area contributed by atoms with Gasteiger partial charge in [0.05, 0.1) is 0 Å². The molecule has 123 heavy (non-hydrogen) atoms. The summed E-state index contributed by atoms with van der Waals surface area (Å²) in [7, 11) is 0. The minimum atomic E-state index is 0.918. The number of benzene rings is 23. The highest BCUT2D eigenvalue weighted by molar-refractivity contribution is 6.28. The van der Waals surface area contributed by atoms with Gasteiger partial charge in [-0.15, -0.1) is 0 Å². The van der Waals surface area contributed by atoms with Crippen LogP contribution in [-0.4, -0.2) is 0 Å². The third-order valence-corrected chi connectivity index (χ3v) is 25.4. The summed E-state index contributed by atoms with van der Waals surface area (Å²) in [6, 6.07) is 162. The molecule has 0 spiro atoms. The molecule has 26 aromatic rings. The number of hydrogen-bond acceptors (Lipinski definition) is 3. The number of furan rings is 3. The first-order chi connectivity index (χ1) is 61.0. The summed E-state index contributed by atoms with van der Waals surface area (Å²) in [5.74, 6) is 0. The number of hydrogen-bond donors (Lipinski definition) is 0. The van der Waals surface area contributed by atoms with Crippen LogP contribution in [0.1, 0.15) is 0 Å². The molecule has 3 heteroatoms. The first-order valence-electron chi connectivity index (χ1n) is 42.2. The molecular formula is C120H74O3. The molecule has 0 aliphatic heterocycles. The summed E-state index contributed by atoms with van der Waals surface area (Å²) < 4.78 is 18.5. The van der Waals surface area contributed by atoms with Crippen LogP contribution in [0.5, 0.6) is 0 Å². The minimum Gasteiger partial charge on any atom is -0.456 e. The lowest BCUT2D eigenvalue weighted by Gasteiger charge is -2.19. The molecule has 3 nitrogen and oxygen atoms in total. The summed E-state index contributed by atoms with van der Waals surface area (Å²) >= 11 is 0. The fourth-order valence-corrected chi connectivity index (χ4v) is 20.0. The lowest BCUT2D eigenvalue weighted by Crippen LogP contribution is -1.92. The quantitative estimate of drug-likeness (QED) is 0.112. The molecule has 572 valence electrons. The fraction of sp³-hybridized carbons (Fsp3) is 0. The van der Waals surface area contributed by atoms with Crippen LogP contribution in [0.4, 0.5) is 0 Å². The molecule has 0 amide bonds. The van der Waals surface area contributed by atoms with E-state index < -0.39 is 0 Å². The Morgan fingerprint density at radius 3 is 0.789 bits per heavy atom. The molecule has 0 unspecified atom stereocenters. The van der Waals surface area contributed by atoms with Crippen molar-refractivity contribution in [2.75, 3.05) is 0 Å². The smallest absolute Gasteiger partial charge is 0.135 e. The molecule has 0 atom stereocenters. The van der Waals surface area contributed by atoms with Gasteiger partial charge in [-0.1, -0.05) is 388 Å². The van der Waals surface area contributed by atoms with Crippen molar-refractivity contribution in [3.8, 4) is 89.0 Å². The van der Waals surface area contributed by atoms with Gasteiger partial charge in [-0.25, -0.2) is 0 Å². The van der Waals surface area contributed by atoms with Gasteiger partial charge in [0, 0.05) is 32.3 Å². The molecule has 23 aromatic carbocycles. The predicted octanol–water partition coefficient (Wildman–Crippen LogP) is 34.5. The van der Waals surface area contributed by atoms with Gasteiger partial charge in [-0.2, -0.15) is 0 Å². The molecular weight excluding hydrogens is 1490 g/mol. The molecule has 0 N–H and O–H groups in total. The van der Waals surface area contributed by atoms with E-state index in [1.165, 1.54) is 186 Å². The zero-order valence-corrected chi connectivity index (χ0v) is 66.9. The monoisotopic (exact) mass is 1560 g/mol. The second kappa shape index (κ2) is 29.4. The third-order valence-electron chi connectivity index (χ3n) is 25.4. The summed E-state index contributed by atoms with van der Waals surface area (Å²) in [6.07, 6.45) is 0.